The van der Waals surface area contributed by atoms with Crippen molar-refractivity contribution >= 4 is 58.2 Å². The minimum absolute atomic E-state index is 0.229. The predicted octanol–water partition coefficient (Wildman–Crippen LogP) is 4.97. The first-order valence-corrected chi connectivity index (χ1v) is 9.69. The van der Waals surface area contributed by atoms with Crippen LogP contribution in [0.2, 0.25) is 15.1 Å². The third-order valence-electron chi connectivity index (χ3n) is 3.98. The molecule has 0 bridgehead atoms. The number of benzene rings is 3. The molecule has 9 heteroatoms. The Hall–Kier alpha value is -3.06. The molecule has 30 heavy (non-hydrogen) atoms. The molecule has 0 radical (unpaired) electrons. The van der Waals surface area contributed by atoms with E-state index in [0.717, 1.165) is 0 Å². The summed E-state index contributed by atoms with van der Waals surface area (Å²) in [6.07, 6.45) is 0. The van der Waals surface area contributed by atoms with Crippen molar-refractivity contribution in [1.29, 1.82) is 0 Å². The molecule has 0 fully saturated rings. The van der Waals surface area contributed by atoms with Crippen LogP contribution in [0.1, 0.15) is 31.1 Å². The van der Waals surface area contributed by atoms with Gasteiger partial charge in [-0.15, -0.1) is 0 Å². The van der Waals surface area contributed by atoms with Gasteiger partial charge in [0, 0.05) is 26.9 Å². The average molecular weight is 463 g/mol. The predicted molar refractivity (Wildman–Crippen MR) is 117 cm³/mol. The SMILES string of the molecule is O=C(NNC(=O)c1ccc(NC(=O)c2ccc(Cl)cc2Cl)cc1)c1ccc(Cl)cc1. The lowest BCUT2D eigenvalue weighted by molar-refractivity contribution is 0.0846. The number of carbonyl (C=O) groups is 3. The molecule has 3 N–H and O–H groups in total. The first kappa shape index (κ1) is 21.6. The van der Waals surface area contributed by atoms with Crippen LogP contribution >= 0.6 is 34.8 Å². The summed E-state index contributed by atoms with van der Waals surface area (Å²) in [5.41, 5.74) is 6.01. The maximum Gasteiger partial charge on any atom is 0.269 e. The molecule has 0 atom stereocenters. The summed E-state index contributed by atoms with van der Waals surface area (Å²) < 4.78 is 0. The zero-order valence-electron chi connectivity index (χ0n) is 15.2. The summed E-state index contributed by atoms with van der Waals surface area (Å²) in [7, 11) is 0. The fourth-order valence-electron chi connectivity index (χ4n) is 2.44. The molecular formula is C21H14Cl3N3O3. The van der Waals surface area contributed by atoms with Crippen molar-refractivity contribution in [3.63, 3.8) is 0 Å². The van der Waals surface area contributed by atoms with Gasteiger partial charge in [0.25, 0.3) is 17.7 Å². The number of rotatable bonds is 4. The third kappa shape index (κ3) is 5.51. The molecule has 0 unspecified atom stereocenters. The van der Waals surface area contributed by atoms with E-state index in [-0.39, 0.29) is 16.1 Å². The highest BCUT2D eigenvalue weighted by Crippen LogP contribution is 2.22. The quantitative estimate of drug-likeness (QED) is 0.478. The van der Waals surface area contributed by atoms with Crippen LogP contribution in [0.3, 0.4) is 0 Å². The summed E-state index contributed by atoms with van der Waals surface area (Å²) in [5, 5.41) is 3.84. The van der Waals surface area contributed by atoms with Crippen molar-refractivity contribution in [2.45, 2.75) is 0 Å². The minimum atomic E-state index is -0.518. The van der Waals surface area contributed by atoms with Crippen LogP contribution < -0.4 is 16.2 Å². The van der Waals surface area contributed by atoms with E-state index in [2.05, 4.69) is 16.2 Å². The number of amides is 3. The molecule has 3 aromatic rings. The number of hydrazine groups is 1. The van der Waals surface area contributed by atoms with E-state index in [0.29, 0.717) is 21.3 Å². The summed E-state index contributed by atoms with van der Waals surface area (Å²) in [6.45, 7) is 0. The smallest absolute Gasteiger partial charge is 0.269 e. The van der Waals surface area contributed by atoms with E-state index in [1.165, 1.54) is 36.4 Å². The fourth-order valence-corrected chi connectivity index (χ4v) is 3.06. The van der Waals surface area contributed by atoms with Gasteiger partial charge >= 0.3 is 0 Å². The van der Waals surface area contributed by atoms with Crippen LogP contribution in [0.15, 0.2) is 66.7 Å². The monoisotopic (exact) mass is 461 g/mol. The van der Waals surface area contributed by atoms with Crippen LogP contribution in [0.5, 0.6) is 0 Å². The van der Waals surface area contributed by atoms with Crippen molar-refractivity contribution in [1.82, 2.24) is 10.9 Å². The van der Waals surface area contributed by atoms with Crippen molar-refractivity contribution in [3.05, 3.63) is 98.5 Å². The molecule has 3 aromatic carbocycles. The van der Waals surface area contributed by atoms with Gasteiger partial charge in [-0.2, -0.15) is 0 Å². The topological polar surface area (TPSA) is 87.3 Å². The summed E-state index contributed by atoms with van der Waals surface area (Å²) in [6, 6.07) is 16.9. The van der Waals surface area contributed by atoms with Crippen molar-refractivity contribution in [3.8, 4) is 0 Å². The molecular weight excluding hydrogens is 449 g/mol. The lowest BCUT2D eigenvalue weighted by Gasteiger charge is -2.09. The highest BCUT2D eigenvalue weighted by molar-refractivity contribution is 6.37. The molecule has 6 nitrogen and oxygen atoms in total. The standard InChI is InChI=1S/C21H14Cl3N3O3/c22-14-5-1-12(2-6-14)19(28)26-27-20(29)13-3-8-16(9-4-13)25-21(30)17-10-7-15(23)11-18(17)24/h1-11H,(H,25,30)(H,26,28)(H,27,29). The number of anilines is 1. The molecule has 0 aliphatic heterocycles. The molecule has 0 aliphatic carbocycles. The van der Waals surface area contributed by atoms with E-state index in [9.17, 15) is 14.4 Å². The van der Waals surface area contributed by atoms with Gasteiger partial charge in [0.15, 0.2) is 0 Å². The zero-order chi connectivity index (χ0) is 21.7. The largest absolute Gasteiger partial charge is 0.322 e. The van der Waals surface area contributed by atoms with Gasteiger partial charge in [0.05, 0.1) is 10.6 Å². The molecule has 0 aromatic heterocycles. The minimum Gasteiger partial charge on any atom is -0.322 e. The molecule has 3 amide bonds. The number of hydrogen-bond acceptors (Lipinski definition) is 3. The Balaban J connectivity index is 1.58. The van der Waals surface area contributed by atoms with Gasteiger partial charge in [-0.3, -0.25) is 25.2 Å². The van der Waals surface area contributed by atoms with Gasteiger partial charge in [-0.1, -0.05) is 34.8 Å². The van der Waals surface area contributed by atoms with E-state index < -0.39 is 17.7 Å². The number of carbonyl (C=O) groups excluding carboxylic acids is 3. The number of hydrogen-bond donors (Lipinski definition) is 3. The van der Waals surface area contributed by atoms with Gasteiger partial charge in [0.2, 0.25) is 0 Å². The second-order valence-electron chi connectivity index (χ2n) is 6.07. The second kappa shape index (κ2) is 9.63. The molecule has 0 saturated heterocycles. The summed E-state index contributed by atoms with van der Waals surface area (Å²) >= 11 is 17.6. The van der Waals surface area contributed by atoms with Gasteiger partial charge in [-0.05, 0) is 66.7 Å². The first-order valence-electron chi connectivity index (χ1n) is 8.56. The molecule has 3 rings (SSSR count). The van der Waals surface area contributed by atoms with Gasteiger partial charge < -0.3 is 5.32 Å². The zero-order valence-corrected chi connectivity index (χ0v) is 17.5. The Bertz CT molecular complexity index is 1100. The Kier molecular flexibility index (Phi) is 6.95. The van der Waals surface area contributed by atoms with Crippen molar-refractivity contribution < 1.29 is 14.4 Å². The summed E-state index contributed by atoms with van der Waals surface area (Å²) in [5.74, 6) is -1.41. The second-order valence-corrected chi connectivity index (χ2v) is 7.35. The third-order valence-corrected chi connectivity index (χ3v) is 4.78. The first-order chi connectivity index (χ1) is 14.3. The Morgan fingerprint density at radius 1 is 0.600 bits per heavy atom. The van der Waals surface area contributed by atoms with E-state index in [1.807, 2.05) is 0 Å². The lowest BCUT2D eigenvalue weighted by Crippen LogP contribution is -2.41. The number of nitrogens with one attached hydrogen (secondary N) is 3. The molecule has 152 valence electrons. The highest BCUT2D eigenvalue weighted by atomic mass is 35.5. The Labute approximate surface area is 187 Å². The molecule has 0 spiro atoms. The lowest BCUT2D eigenvalue weighted by atomic mass is 10.1. The van der Waals surface area contributed by atoms with E-state index >= 15 is 0 Å². The van der Waals surface area contributed by atoms with Crippen LogP contribution in [0, 0.1) is 0 Å². The molecule has 0 heterocycles. The van der Waals surface area contributed by atoms with Gasteiger partial charge in [-0.25, -0.2) is 0 Å². The van der Waals surface area contributed by atoms with Crippen LogP contribution in [0.4, 0.5) is 5.69 Å². The van der Waals surface area contributed by atoms with E-state index in [4.69, 9.17) is 34.8 Å². The highest BCUT2D eigenvalue weighted by Gasteiger charge is 2.12. The molecule has 0 saturated carbocycles. The average Bonchev–Trinajstić information content (AvgIpc) is 2.72. The summed E-state index contributed by atoms with van der Waals surface area (Å²) in [4.78, 5) is 36.5. The number of halogens is 3. The Morgan fingerprint density at radius 2 is 1.10 bits per heavy atom. The Morgan fingerprint density at radius 3 is 1.63 bits per heavy atom. The normalized spacial score (nSPS) is 10.2. The van der Waals surface area contributed by atoms with Gasteiger partial charge in [0.1, 0.15) is 0 Å². The maximum absolute atomic E-state index is 12.3. The van der Waals surface area contributed by atoms with Crippen molar-refractivity contribution in [2.24, 2.45) is 0 Å². The maximum atomic E-state index is 12.3. The fraction of sp³-hybridized carbons (Fsp3) is 0. The van der Waals surface area contributed by atoms with Crippen LogP contribution in [-0.4, -0.2) is 17.7 Å². The van der Waals surface area contributed by atoms with Crippen molar-refractivity contribution in [2.75, 3.05) is 5.32 Å². The van der Waals surface area contributed by atoms with Crippen LogP contribution in [-0.2, 0) is 0 Å². The molecule has 0 aliphatic rings. The van der Waals surface area contributed by atoms with E-state index in [1.54, 1.807) is 30.3 Å². The van der Waals surface area contributed by atoms with Crippen LogP contribution in [0.25, 0.3) is 0 Å².